The van der Waals surface area contributed by atoms with Crippen molar-refractivity contribution in [2.75, 3.05) is 0 Å². The van der Waals surface area contributed by atoms with Crippen LogP contribution in [0.1, 0.15) is 25.8 Å². The van der Waals surface area contributed by atoms with E-state index in [-0.39, 0.29) is 17.9 Å². The van der Waals surface area contributed by atoms with E-state index >= 15 is 0 Å². The van der Waals surface area contributed by atoms with Crippen LogP contribution in [-0.2, 0) is 10.2 Å². The van der Waals surface area contributed by atoms with E-state index in [9.17, 15) is 9.90 Å². The van der Waals surface area contributed by atoms with Gasteiger partial charge in [-0.2, -0.15) is 0 Å². The van der Waals surface area contributed by atoms with Crippen LogP contribution in [0.5, 0.6) is 11.5 Å². The molecule has 0 saturated heterocycles. The highest BCUT2D eigenvalue weighted by Crippen LogP contribution is 2.33. The van der Waals surface area contributed by atoms with Crippen LogP contribution < -0.4 is 0 Å². The molecule has 0 aliphatic rings. The highest BCUT2D eigenvalue weighted by Gasteiger charge is 2.24. The lowest BCUT2D eigenvalue weighted by Gasteiger charge is -2.23. The zero-order valence-electron chi connectivity index (χ0n) is 8.69. The summed E-state index contributed by atoms with van der Waals surface area (Å²) in [5.74, 6) is -1.33. The van der Waals surface area contributed by atoms with Crippen LogP contribution in [0.4, 0.5) is 0 Å². The number of carboxylic acid groups (broad SMARTS) is 1. The molecular weight excluding hydrogens is 196 g/mol. The molecule has 0 saturated carbocycles. The normalized spacial score (nSPS) is 11.3. The molecule has 0 aliphatic heterocycles. The minimum absolute atomic E-state index is 0.0305. The van der Waals surface area contributed by atoms with E-state index in [2.05, 4.69) is 0 Å². The Morgan fingerprint density at radius 3 is 2.33 bits per heavy atom. The number of hydrogen-bond acceptors (Lipinski definition) is 3. The van der Waals surface area contributed by atoms with Crippen molar-refractivity contribution in [3.63, 3.8) is 0 Å². The molecule has 0 bridgehead atoms. The first-order chi connectivity index (χ1) is 6.83. The lowest BCUT2D eigenvalue weighted by Crippen LogP contribution is -2.21. The lowest BCUT2D eigenvalue weighted by atomic mass is 9.81. The molecule has 82 valence electrons. The van der Waals surface area contributed by atoms with Gasteiger partial charge < -0.3 is 15.3 Å². The predicted molar refractivity (Wildman–Crippen MR) is 55.1 cm³/mol. The Kier molecular flexibility index (Phi) is 2.88. The van der Waals surface area contributed by atoms with E-state index in [4.69, 9.17) is 10.2 Å². The number of carbonyl (C=O) groups is 1. The van der Waals surface area contributed by atoms with Gasteiger partial charge >= 0.3 is 5.97 Å². The van der Waals surface area contributed by atoms with Gasteiger partial charge in [0, 0.05) is 5.41 Å². The molecule has 1 rings (SSSR count). The summed E-state index contributed by atoms with van der Waals surface area (Å²) in [5.41, 5.74) is 0.108. The van der Waals surface area contributed by atoms with Crippen molar-refractivity contribution in [2.45, 2.75) is 25.7 Å². The summed E-state index contributed by atoms with van der Waals surface area (Å²) >= 11 is 0. The second-order valence-electron chi connectivity index (χ2n) is 4.16. The third-order valence-corrected chi connectivity index (χ3v) is 2.35. The maximum absolute atomic E-state index is 10.6. The molecule has 3 N–H and O–H groups in total. The summed E-state index contributed by atoms with van der Waals surface area (Å²) in [6.07, 6.45) is -0.0305. The standard InChI is InChI=1S/C11H14O4/c1-11(2,6-10(14)15)7-3-4-8(12)9(13)5-7/h3-5,12-13H,6H2,1-2H3,(H,14,15). The van der Waals surface area contributed by atoms with Crippen LogP contribution in [0.15, 0.2) is 18.2 Å². The summed E-state index contributed by atoms with van der Waals surface area (Å²) in [5, 5.41) is 27.1. The maximum atomic E-state index is 10.6. The van der Waals surface area contributed by atoms with Gasteiger partial charge in [0.05, 0.1) is 6.42 Å². The Morgan fingerprint density at radius 2 is 1.87 bits per heavy atom. The average Bonchev–Trinajstić information content (AvgIpc) is 2.07. The molecule has 1 aromatic rings. The van der Waals surface area contributed by atoms with Gasteiger partial charge in [0.15, 0.2) is 11.5 Å². The number of aliphatic carboxylic acids is 1. The van der Waals surface area contributed by atoms with Gasteiger partial charge in [0.1, 0.15) is 0 Å². The number of rotatable bonds is 3. The van der Waals surface area contributed by atoms with E-state index in [0.717, 1.165) is 0 Å². The number of phenolic OH excluding ortho intramolecular Hbond substituents is 2. The zero-order chi connectivity index (χ0) is 11.6. The maximum Gasteiger partial charge on any atom is 0.304 e. The number of carboxylic acids is 1. The minimum Gasteiger partial charge on any atom is -0.504 e. The molecular formula is C11H14O4. The van der Waals surface area contributed by atoms with Crippen molar-refractivity contribution in [2.24, 2.45) is 0 Å². The molecule has 0 aromatic heterocycles. The van der Waals surface area contributed by atoms with Crippen molar-refractivity contribution in [1.82, 2.24) is 0 Å². The Morgan fingerprint density at radius 1 is 1.27 bits per heavy atom. The first kappa shape index (κ1) is 11.4. The SMILES string of the molecule is CC(C)(CC(=O)O)c1ccc(O)c(O)c1. The van der Waals surface area contributed by atoms with Gasteiger partial charge in [-0.05, 0) is 17.7 Å². The lowest BCUT2D eigenvalue weighted by molar-refractivity contribution is -0.138. The van der Waals surface area contributed by atoms with Crippen molar-refractivity contribution < 1.29 is 20.1 Å². The summed E-state index contributed by atoms with van der Waals surface area (Å²) in [6, 6.07) is 4.35. The molecule has 1 aromatic carbocycles. The minimum atomic E-state index is -0.896. The summed E-state index contributed by atoms with van der Waals surface area (Å²) in [7, 11) is 0. The first-order valence-corrected chi connectivity index (χ1v) is 4.57. The van der Waals surface area contributed by atoms with Gasteiger partial charge in [-0.1, -0.05) is 19.9 Å². The Hall–Kier alpha value is -1.71. The van der Waals surface area contributed by atoms with E-state index in [1.807, 2.05) is 0 Å². The fourth-order valence-corrected chi connectivity index (χ4v) is 1.42. The van der Waals surface area contributed by atoms with Gasteiger partial charge in [-0.15, -0.1) is 0 Å². The largest absolute Gasteiger partial charge is 0.504 e. The van der Waals surface area contributed by atoms with Crippen molar-refractivity contribution in [3.8, 4) is 11.5 Å². The molecule has 0 unspecified atom stereocenters. The van der Waals surface area contributed by atoms with Gasteiger partial charge in [-0.3, -0.25) is 4.79 Å². The molecule has 0 spiro atoms. The number of phenols is 2. The third-order valence-electron chi connectivity index (χ3n) is 2.35. The molecule has 0 radical (unpaired) electrons. The second kappa shape index (κ2) is 3.81. The predicted octanol–water partition coefficient (Wildman–Crippen LogP) is 1.85. The molecule has 4 heteroatoms. The summed E-state index contributed by atoms with van der Waals surface area (Å²) in [4.78, 5) is 10.6. The summed E-state index contributed by atoms with van der Waals surface area (Å²) in [6.45, 7) is 3.54. The quantitative estimate of drug-likeness (QED) is 0.665. The topological polar surface area (TPSA) is 77.8 Å². The van der Waals surface area contributed by atoms with Gasteiger partial charge in [0.25, 0.3) is 0 Å². The molecule has 0 aliphatic carbocycles. The van der Waals surface area contributed by atoms with E-state index < -0.39 is 11.4 Å². The van der Waals surface area contributed by atoms with Crippen LogP contribution in [0, 0.1) is 0 Å². The second-order valence-corrected chi connectivity index (χ2v) is 4.16. The van der Waals surface area contributed by atoms with Crippen LogP contribution >= 0.6 is 0 Å². The number of benzene rings is 1. The van der Waals surface area contributed by atoms with Gasteiger partial charge in [0.2, 0.25) is 0 Å². The Labute approximate surface area is 87.8 Å². The van der Waals surface area contributed by atoms with E-state index in [1.54, 1.807) is 19.9 Å². The fourth-order valence-electron chi connectivity index (χ4n) is 1.42. The van der Waals surface area contributed by atoms with E-state index in [0.29, 0.717) is 5.56 Å². The number of hydrogen-bond donors (Lipinski definition) is 3. The molecule has 0 fully saturated rings. The average molecular weight is 210 g/mol. The van der Waals surface area contributed by atoms with E-state index in [1.165, 1.54) is 12.1 Å². The fraction of sp³-hybridized carbons (Fsp3) is 0.364. The highest BCUT2D eigenvalue weighted by molar-refractivity contribution is 5.69. The molecule has 0 heterocycles. The molecule has 15 heavy (non-hydrogen) atoms. The first-order valence-electron chi connectivity index (χ1n) is 4.57. The summed E-state index contributed by atoms with van der Waals surface area (Å²) < 4.78 is 0. The van der Waals surface area contributed by atoms with Crippen molar-refractivity contribution in [1.29, 1.82) is 0 Å². The van der Waals surface area contributed by atoms with Crippen LogP contribution in [-0.4, -0.2) is 21.3 Å². The Balaban J connectivity index is 3.04. The van der Waals surface area contributed by atoms with Crippen LogP contribution in [0.2, 0.25) is 0 Å². The molecule has 0 atom stereocenters. The van der Waals surface area contributed by atoms with Crippen LogP contribution in [0.25, 0.3) is 0 Å². The molecule has 0 amide bonds. The van der Waals surface area contributed by atoms with Crippen LogP contribution in [0.3, 0.4) is 0 Å². The van der Waals surface area contributed by atoms with Crippen molar-refractivity contribution in [3.05, 3.63) is 23.8 Å². The smallest absolute Gasteiger partial charge is 0.304 e. The zero-order valence-corrected chi connectivity index (χ0v) is 8.69. The number of aromatic hydroxyl groups is 2. The molecule has 4 nitrogen and oxygen atoms in total. The Bertz CT molecular complexity index is 382. The van der Waals surface area contributed by atoms with Crippen molar-refractivity contribution >= 4 is 5.97 Å². The highest BCUT2D eigenvalue weighted by atomic mass is 16.4. The van der Waals surface area contributed by atoms with Gasteiger partial charge in [-0.25, -0.2) is 0 Å². The monoisotopic (exact) mass is 210 g/mol. The third kappa shape index (κ3) is 2.62.